The Morgan fingerprint density at radius 2 is 1.68 bits per heavy atom. The summed E-state index contributed by atoms with van der Waals surface area (Å²) in [5.41, 5.74) is -0.0220. The second-order valence-electron chi connectivity index (χ2n) is 10.9. The summed E-state index contributed by atoms with van der Waals surface area (Å²) in [5.74, 6) is -4.79. The summed E-state index contributed by atoms with van der Waals surface area (Å²) in [6.45, 7) is 0.938. The summed E-state index contributed by atoms with van der Waals surface area (Å²) in [5, 5.41) is 16.8. The molecular formula is C29H33ClF5N5O4. The Balaban J connectivity index is 1.40. The molecule has 3 amide bonds. The summed E-state index contributed by atoms with van der Waals surface area (Å²) in [6.07, 6.45) is -3.97. The van der Waals surface area contributed by atoms with E-state index in [0.29, 0.717) is 49.7 Å². The standard InChI is InChI=1S/C29H33ClF5N5O4/c30-18-6-8-22(23(15-18)40-13-11-39(12-14-40)10-9-29(33,34)35)37-27(42)20-7-5-17(24(31)25(20)32)16-36-26(41)19-3-1-2-4-21(19)38-28(43)44/h5-8,15,19,21,38H,1-4,9-14,16H2,(H,36,41)(H,37,42)(H,43,44)/t19-,21+/m1/s1. The van der Waals surface area contributed by atoms with Gasteiger partial charge in [-0.15, -0.1) is 0 Å². The van der Waals surface area contributed by atoms with E-state index in [0.717, 1.165) is 18.9 Å². The zero-order chi connectivity index (χ0) is 32.0. The summed E-state index contributed by atoms with van der Waals surface area (Å²) >= 11 is 6.17. The number of piperazine rings is 1. The molecule has 1 saturated heterocycles. The lowest BCUT2D eigenvalue weighted by atomic mass is 9.84. The van der Waals surface area contributed by atoms with Crippen molar-refractivity contribution in [1.82, 2.24) is 15.5 Å². The van der Waals surface area contributed by atoms with Crippen LogP contribution < -0.4 is 20.9 Å². The Labute approximate surface area is 255 Å². The average Bonchev–Trinajstić information content (AvgIpc) is 2.97. The van der Waals surface area contributed by atoms with Crippen LogP contribution in [0, 0.1) is 17.6 Å². The van der Waals surface area contributed by atoms with Gasteiger partial charge < -0.3 is 26.0 Å². The van der Waals surface area contributed by atoms with E-state index in [1.807, 2.05) is 4.90 Å². The molecular weight excluding hydrogens is 613 g/mol. The van der Waals surface area contributed by atoms with Gasteiger partial charge in [-0.25, -0.2) is 13.6 Å². The van der Waals surface area contributed by atoms with Crippen molar-refractivity contribution < 1.29 is 41.4 Å². The van der Waals surface area contributed by atoms with Crippen molar-refractivity contribution in [3.05, 3.63) is 58.1 Å². The van der Waals surface area contributed by atoms with Gasteiger partial charge in [-0.05, 0) is 37.1 Å². The summed E-state index contributed by atoms with van der Waals surface area (Å²) < 4.78 is 67.9. The van der Waals surface area contributed by atoms with Crippen molar-refractivity contribution in [2.24, 2.45) is 5.92 Å². The molecule has 0 aromatic heterocycles. The van der Waals surface area contributed by atoms with Crippen LogP contribution >= 0.6 is 11.6 Å². The first kappa shape index (κ1) is 33.2. The number of carboxylic acid groups (broad SMARTS) is 1. The Hall–Kier alpha value is -3.65. The van der Waals surface area contributed by atoms with Crippen LogP contribution in [0.15, 0.2) is 30.3 Å². The highest BCUT2D eigenvalue weighted by Gasteiger charge is 2.32. The number of amides is 3. The first-order valence-electron chi connectivity index (χ1n) is 14.2. The van der Waals surface area contributed by atoms with Crippen molar-refractivity contribution in [3.63, 3.8) is 0 Å². The van der Waals surface area contributed by atoms with E-state index in [1.165, 1.54) is 18.2 Å². The van der Waals surface area contributed by atoms with Crippen LogP contribution in [0.3, 0.4) is 0 Å². The summed E-state index contributed by atoms with van der Waals surface area (Å²) in [6, 6.07) is 6.29. The third-order valence-electron chi connectivity index (χ3n) is 7.90. The van der Waals surface area contributed by atoms with Gasteiger partial charge in [0.25, 0.3) is 5.91 Å². The van der Waals surface area contributed by atoms with E-state index in [9.17, 15) is 27.6 Å². The maximum atomic E-state index is 15.1. The third-order valence-corrected chi connectivity index (χ3v) is 8.14. The zero-order valence-corrected chi connectivity index (χ0v) is 24.4. The molecule has 2 aliphatic rings. The lowest BCUT2D eigenvalue weighted by Gasteiger charge is -2.37. The van der Waals surface area contributed by atoms with Gasteiger partial charge in [0.2, 0.25) is 5.91 Å². The molecule has 4 rings (SSSR count). The fraction of sp³-hybridized carbons (Fsp3) is 0.483. The Bertz CT molecular complexity index is 1370. The van der Waals surface area contributed by atoms with Gasteiger partial charge in [0.05, 0.1) is 29.3 Å². The molecule has 2 fully saturated rings. The van der Waals surface area contributed by atoms with Crippen LogP contribution in [0.2, 0.25) is 5.02 Å². The average molecular weight is 646 g/mol. The fourth-order valence-corrected chi connectivity index (χ4v) is 5.72. The highest BCUT2D eigenvalue weighted by Crippen LogP contribution is 2.32. The minimum absolute atomic E-state index is 0.121. The molecule has 0 bridgehead atoms. The maximum Gasteiger partial charge on any atom is 0.404 e. The molecule has 44 heavy (non-hydrogen) atoms. The van der Waals surface area contributed by atoms with E-state index in [4.69, 9.17) is 16.7 Å². The number of halogens is 6. The van der Waals surface area contributed by atoms with E-state index >= 15 is 8.78 Å². The van der Waals surface area contributed by atoms with Gasteiger partial charge in [0, 0.05) is 55.9 Å². The molecule has 2 atom stereocenters. The number of carbonyl (C=O) groups is 3. The summed E-state index contributed by atoms with van der Waals surface area (Å²) in [4.78, 5) is 40.4. The largest absolute Gasteiger partial charge is 0.465 e. The van der Waals surface area contributed by atoms with Crippen molar-refractivity contribution in [3.8, 4) is 0 Å². The van der Waals surface area contributed by atoms with Crippen LogP contribution in [0.5, 0.6) is 0 Å². The molecule has 2 aromatic carbocycles. The van der Waals surface area contributed by atoms with Crippen molar-refractivity contribution in [1.29, 1.82) is 0 Å². The van der Waals surface area contributed by atoms with Crippen molar-refractivity contribution in [2.75, 3.05) is 42.9 Å². The fourth-order valence-electron chi connectivity index (χ4n) is 5.55. The molecule has 9 nitrogen and oxygen atoms in total. The SMILES string of the molecule is O=C(O)N[C@H]1CCCC[C@H]1C(=O)NCc1ccc(C(=O)Nc2ccc(Cl)cc2N2CCN(CCC(F)(F)F)CC2)c(F)c1F. The number of benzene rings is 2. The number of rotatable bonds is 9. The van der Waals surface area contributed by atoms with Gasteiger partial charge in [-0.3, -0.25) is 14.5 Å². The number of hydrogen-bond acceptors (Lipinski definition) is 5. The molecule has 4 N–H and O–H groups in total. The van der Waals surface area contributed by atoms with Crippen LogP contribution in [0.4, 0.5) is 38.1 Å². The second-order valence-corrected chi connectivity index (χ2v) is 11.3. The van der Waals surface area contributed by atoms with E-state index in [-0.39, 0.29) is 24.3 Å². The predicted molar refractivity (Wildman–Crippen MR) is 154 cm³/mol. The van der Waals surface area contributed by atoms with Crippen LogP contribution in [-0.4, -0.2) is 72.9 Å². The second kappa shape index (κ2) is 14.4. The van der Waals surface area contributed by atoms with Gasteiger partial charge in [0.15, 0.2) is 11.6 Å². The molecule has 2 aromatic rings. The highest BCUT2D eigenvalue weighted by atomic mass is 35.5. The molecule has 0 radical (unpaired) electrons. The molecule has 0 spiro atoms. The molecule has 1 aliphatic heterocycles. The quantitative estimate of drug-likeness (QED) is 0.272. The number of hydrogen-bond donors (Lipinski definition) is 4. The first-order chi connectivity index (χ1) is 20.8. The van der Waals surface area contributed by atoms with Gasteiger partial charge in [0.1, 0.15) is 0 Å². The molecule has 240 valence electrons. The smallest absolute Gasteiger partial charge is 0.404 e. The van der Waals surface area contributed by atoms with Crippen molar-refractivity contribution >= 4 is 40.9 Å². The molecule has 1 aliphatic carbocycles. The monoisotopic (exact) mass is 645 g/mol. The lowest BCUT2D eigenvalue weighted by molar-refractivity contribution is -0.138. The number of nitrogens with zero attached hydrogens (tertiary/aromatic N) is 2. The van der Waals surface area contributed by atoms with Crippen LogP contribution in [0.25, 0.3) is 0 Å². The van der Waals surface area contributed by atoms with E-state index in [1.54, 1.807) is 11.0 Å². The maximum absolute atomic E-state index is 15.1. The minimum atomic E-state index is -4.25. The predicted octanol–water partition coefficient (Wildman–Crippen LogP) is 5.39. The van der Waals surface area contributed by atoms with Crippen LogP contribution in [0.1, 0.15) is 48.0 Å². The van der Waals surface area contributed by atoms with Crippen molar-refractivity contribution in [2.45, 2.75) is 50.9 Å². The Morgan fingerprint density at radius 3 is 2.36 bits per heavy atom. The number of alkyl halides is 3. The zero-order valence-electron chi connectivity index (χ0n) is 23.7. The Kier molecular flexibility index (Phi) is 10.9. The molecule has 15 heteroatoms. The third kappa shape index (κ3) is 8.72. The number of nitrogens with one attached hydrogen (secondary N) is 3. The lowest BCUT2D eigenvalue weighted by Crippen LogP contribution is -2.47. The Morgan fingerprint density at radius 1 is 0.977 bits per heavy atom. The van der Waals surface area contributed by atoms with Crippen LogP contribution in [-0.2, 0) is 11.3 Å². The molecule has 0 unspecified atom stereocenters. The van der Waals surface area contributed by atoms with E-state index < -0.39 is 59.7 Å². The normalized spacial score (nSPS) is 19.4. The van der Waals surface area contributed by atoms with Gasteiger partial charge in [-0.2, -0.15) is 13.2 Å². The molecule has 1 heterocycles. The van der Waals surface area contributed by atoms with Gasteiger partial charge >= 0.3 is 12.3 Å². The topological polar surface area (TPSA) is 114 Å². The summed E-state index contributed by atoms with van der Waals surface area (Å²) in [7, 11) is 0. The minimum Gasteiger partial charge on any atom is -0.465 e. The number of carbonyl (C=O) groups excluding carboxylic acids is 2. The number of anilines is 2. The van der Waals surface area contributed by atoms with E-state index in [2.05, 4.69) is 16.0 Å². The van der Waals surface area contributed by atoms with Gasteiger partial charge in [-0.1, -0.05) is 30.5 Å². The highest BCUT2D eigenvalue weighted by molar-refractivity contribution is 6.31. The molecule has 1 saturated carbocycles. The first-order valence-corrected chi connectivity index (χ1v) is 14.6.